The van der Waals surface area contributed by atoms with E-state index in [4.69, 9.17) is 5.11 Å². The molecule has 1 saturated carbocycles. The fraction of sp³-hybridized carbons (Fsp3) is 0.467. The molecule has 0 radical (unpaired) electrons. The number of hydrogen-bond acceptors (Lipinski definition) is 2. The summed E-state index contributed by atoms with van der Waals surface area (Å²) in [5, 5.41) is 18.2. The minimum atomic E-state index is -1.02. The van der Waals surface area contributed by atoms with E-state index >= 15 is 0 Å². The van der Waals surface area contributed by atoms with Crippen LogP contribution in [0.15, 0.2) is 35.5 Å². The van der Waals surface area contributed by atoms with Gasteiger partial charge in [0.25, 0.3) is 0 Å². The molecule has 2 rings (SSSR count). The molecule has 0 aliphatic heterocycles. The molecule has 2 aliphatic rings. The van der Waals surface area contributed by atoms with E-state index < -0.39 is 17.9 Å². The maximum atomic E-state index is 11.2. The van der Waals surface area contributed by atoms with Crippen LogP contribution in [0.2, 0.25) is 0 Å². The van der Waals surface area contributed by atoms with E-state index in [2.05, 4.69) is 0 Å². The molecule has 102 valence electrons. The molecule has 1 atom stereocenters. The van der Waals surface area contributed by atoms with E-state index in [1.54, 1.807) is 0 Å². The number of allylic oxidation sites excluding steroid dienone is 2. The highest BCUT2D eigenvalue weighted by Crippen LogP contribution is 2.30. The van der Waals surface area contributed by atoms with Crippen molar-refractivity contribution in [3.05, 3.63) is 35.5 Å². The molecule has 0 amide bonds. The summed E-state index contributed by atoms with van der Waals surface area (Å²) in [6, 6.07) is 0. The monoisotopic (exact) mass is 262 g/mol. The second-order valence-electron chi connectivity index (χ2n) is 5.14. The normalized spacial score (nSPS) is 26.2. The number of carboxylic acids is 2. The Morgan fingerprint density at radius 1 is 1.16 bits per heavy atom. The summed E-state index contributed by atoms with van der Waals surface area (Å²) in [6.07, 6.45) is 12.0. The van der Waals surface area contributed by atoms with E-state index in [1.165, 1.54) is 24.6 Å². The van der Waals surface area contributed by atoms with Gasteiger partial charge in [0.05, 0.1) is 11.5 Å². The van der Waals surface area contributed by atoms with Crippen molar-refractivity contribution in [1.29, 1.82) is 0 Å². The maximum absolute atomic E-state index is 11.2. The second-order valence-corrected chi connectivity index (χ2v) is 5.14. The van der Waals surface area contributed by atoms with E-state index in [9.17, 15) is 14.7 Å². The van der Waals surface area contributed by atoms with Crippen LogP contribution >= 0.6 is 0 Å². The summed E-state index contributed by atoms with van der Waals surface area (Å²) < 4.78 is 0. The Labute approximate surface area is 112 Å². The average molecular weight is 262 g/mol. The Balaban J connectivity index is 2.25. The van der Waals surface area contributed by atoms with Crippen LogP contribution in [0.1, 0.15) is 32.1 Å². The van der Waals surface area contributed by atoms with Crippen molar-refractivity contribution < 1.29 is 19.8 Å². The van der Waals surface area contributed by atoms with Crippen LogP contribution in [-0.2, 0) is 9.59 Å². The van der Waals surface area contributed by atoms with Crippen LogP contribution in [-0.4, -0.2) is 22.2 Å². The third-order valence-corrected chi connectivity index (χ3v) is 3.74. The van der Waals surface area contributed by atoms with Crippen molar-refractivity contribution in [3.8, 4) is 0 Å². The van der Waals surface area contributed by atoms with Crippen molar-refractivity contribution in [3.63, 3.8) is 0 Å². The Hall–Kier alpha value is -1.84. The van der Waals surface area contributed by atoms with Crippen molar-refractivity contribution in [2.45, 2.75) is 32.1 Å². The lowest BCUT2D eigenvalue weighted by Crippen LogP contribution is -2.18. The highest BCUT2D eigenvalue weighted by atomic mass is 16.4. The zero-order valence-electron chi connectivity index (χ0n) is 10.7. The lowest BCUT2D eigenvalue weighted by molar-refractivity contribution is -0.139. The Bertz CT molecular complexity index is 465. The van der Waals surface area contributed by atoms with Gasteiger partial charge in [-0.05, 0) is 30.4 Å². The van der Waals surface area contributed by atoms with Gasteiger partial charge in [-0.3, -0.25) is 4.79 Å². The third kappa shape index (κ3) is 3.34. The molecule has 0 heterocycles. The third-order valence-electron chi connectivity index (χ3n) is 3.74. The van der Waals surface area contributed by atoms with Gasteiger partial charge in [0.2, 0.25) is 0 Å². The average Bonchev–Trinajstić information content (AvgIpc) is 2.39. The Kier molecular flexibility index (Phi) is 4.20. The summed E-state index contributed by atoms with van der Waals surface area (Å²) in [5.41, 5.74) is 0.763. The minimum Gasteiger partial charge on any atom is -0.481 e. The minimum absolute atomic E-state index is 0.152. The van der Waals surface area contributed by atoms with Gasteiger partial charge in [-0.2, -0.15) is 0 Å². The van der Waals surface area contributed by atoms with E-state index in [0.717, 1.165) is 25.7 Å². The largest absolute Gasteiger partial charge is 0.481 e. The van der Waals surface area contributed by atoms with Gasteiger partial charge < -0.3 is 10.2 Å². The summed E-state index contributed by atoms with van der Waals surface area (Å²) in [6.45, 7) is 0. The first-order chi connectivity index (χ1) is 9.08. The fourth-order valence-electron chi connectivity index (χ4n) is 2.71. The molecule has 4 nitrogen and oxygen atoms in total. The number of aliphatic carboxylic acids is 2. The topological polar surface area (TPSA) is 74.6 Å². The molecule has 1 fully saturated rings. The van der Waals surface area contributed by atoms with E-state index in [-0.39, 0.29) is 5.57 Å². The molecule has 0 saturated heterocycles. The number of carbonyl (C=O) groups is 2. The molecular formula is C15H18O4. The molecule has 2 N–H and O–H groups in total. The van der Waals surface area contributed by atoms with Crippen LogP contribution < -0.4 is 0 Å². The molecule has 4 heteroatoms. The molecule has 0 bridgehead atoms. The highest BCUT2D eigenvalue weighted by Gasteiger charge is 2.24. The van der Waals surface area contributed by atoms with Crippen molar-refractivity contribution in [1.82, 2.24) is 0 Å². The standard InChI is InChI=1S/C15H18O4/c16-14(17)11-6-7-13(15(18)19)12(9-11)8-10-4-2-1-3-5-10/h6-10,13H,1-5H2,(H,16,17)(H,18,19). The lowest BCUT2D eigenvalue weighted by atomic mass is 9.83. The summed E-state index contributed by atoms with van der Waals surface area (Å²) in [5.74, 6) is -2.29. The van der Waals surface area contributed by atoms with Gasteiger partial charge in [0.15, 0.2) is 0 Å². The van der Waals surface area contributed by atoms with Crippen LogP contribution in [0.5, 0.6) is 0 Å². The van der Waals surface area contributed by atoms with Crippen LogP contribution in [0.4, 0.5) is 0 Å². The summed E-state index contributed by atoms with van der Waals surface area (Å²) in [7, 11) is 0. The number of hydrogen-bond donors (Lipinski definition) is 2. The predicted octanol–water partition coefficient (Wildman–Crippen LogP) is 2.77. The zero-order valence-corrected chi connectivity index (χ0v) is 10.7. The molecular weight excluding hydrogens is 244 g/mol. The zero-order chi connectivity index (χ0) is 13.8. The summed E-state index contributed by atoms with van der Waals surface area (Å²) >= 11 is 0. The quantitative estimate of drug-likeness (QED) is 0.820. The summed E-state index contributed by atoms with van der Waals surface area (Å²) in [4.78, 5) is 22.2. The van der Waals surface area contributed by atoms with Crippen molar-refractivity contribution >= 4 is 11.9 Å². The molecule has 0 aromatic carbocycles. The molecule has 0 aromatic heterocycles. The van der Waals surface area contributed by atoms with Gasteiger partial charge in [-0.1, -0.05) is 37.5 Å². The highest BCUT2D eigenvalue weighted by molar-refractivity contribution is 5.92. The van der Waals surface area contributed by atoms with Gasteiger partial charge in [0, 0.05) is 0 Å². The molecule has 1 unspecified atom stereocenters. The Morgan fingerprint density at radius 2 is 1.84 bits per heavy atom. The van der Waals surface area contributed by atoms with Crippen LogP contribution in [0.25, 0.3) is 0 Å². The SMILES string of the molecule is O=C(O)C1=CC(=CC2CCCCC2)C(C(=O)O)C=C1. The molecule has 19 heavy (non-hydrogen) atoms. The predicted molar refractivity (Wildman–Crippen MR) is 70.6 cm³/mol. The smallest absolute Gasteiger partial charge is 0.335 e. The molecule has 0 spiro atoms. The van der Waals surface area contributed by atoms with Crippen molar-refractivity contribution in [2.75, 3.05) is 0 Å². The maximum Gasteiger partial charge on any atom is 0.335 e. The van der Waals surface area contributed by atoms with Gasteiger partial charge in [-0.25, -0.2) is 4.79 Å². The fourth-order valence-corrected chi connectivity index (χ4v) is 2.71. The van der Waals surface area contributed by atoms with Gasteiger partial charge in [-0.15, -0.1) is 0 Å². The first-order valence-electron chi connectivity index (χ1n) is 6.65. The van der Waals surface area contributed by atoms with E-state index in [1.807, 2.05) is 6.08 Å². The van der Waals surface area contributed by atoms with Crippen molar-refractivity contribution in [2.24, 2.45) is 11.8 Å². The number of rotatable bonds is 3. The second kappa shape index (κ2) is 5.87. The van der Waals surface area contributed by atoms with Crippen LogP contribution in [0, 0.1) is 11.8 Å². The van der Waals surface area contributed by atoms with Gasteiger partial charge in [0.1, 0.15) is 0 Å². The first-order valence-corrected chi connectivity index (χ1v) is 6.65. The first kappa shape index (κ1) is 13.6. The molecule has 0 aromatic rings. The number of carboxylic acid groups (broad SMARTS) is 2. The van der Waals surface area contributed by atoms with E-state index in [0.29, 0.717) is 11.5 Å². The van der Waals surface area contributed by atoms with Crippen LogP contribution in [0.3, 0.4) is 0 Å². The van der Waals surface area contributed by atoms with Gasteiger partial charge >= 0.3 is 11.9 Å². The lowest BCUT2D eigenvalue weighted by Gasteiger charge is -2.21. The molecule has 2 aliphatic carbocycles. The Morgan fingerprint density at radius 3 is 2.42 bits per heavy atom.